The lowest BCUT2D eigenvalue weighted by Gasteiger charge is -2.26. The molecule has 0 aliphatic carbocycles. The topological polar surface area (TPSA) is 29.5 Å². The van der Waals surface area contributed by atoms with Crippen molar-refractivity contribution in [3.05, 3.63) is 64.2 Å². The van der Waals surface area contributed by atoms with Gasteiger partial charge < -0.3 is 9.64 Å². The number of hydrogen-bond donors (Lipinski definition) is 0. The standard InChI is InChI=1S/C19H17ClF3NO2/c1-12-9-13(11-14(10-12)26-19(21,22)23)18(25)24-8-4-7-17(24)15-5-2-3-6-16(15)20/h2-3,5-6,9-11,17H,4,7-8H2,1H3/t17-/m1/s1. The van der Waals surface area contributed by atoms with Gasteiger partial charge in [-0.05, 0) is 55.2 Å². The maximum Gasteiger partial charge on any atom is 0.573 e. The molecule has 0 spiro atoms. The lowest BCUT2D eigenvalue weighted by Crippen LogP contribution is -2.31. The first-order valence-corrected chi connectivity index (χ1v) is 8.55. The van der Waals surface area contributed by atoms with Crippen molar-refractivity contribution in [3.8, 4) is 5.75 Å². The van der Waals surface area contributed by atoms with Crippen LogP contribution in [0.5, 0.6) is 5.75 Å². The third-order valence-electron chi connectivity index (χ3n) is 4.31. The molecule has 1 atom stereocenters. The van der Waals surface area contributed by atoms with E-state index >= 15 is 0 Å². The summed E-state index contributed by atoms with van der Waals surface area (Å²) in [6.07, 6.45) is -3.24. The summed E-state index contributed by atoms with van der Waals surface area (Å²) in [6.45, 7) is 2.15. The van der Waals surface area contributed by atoms with Crippen molar-refractivity contribution in [2.75, 3.05) is 6.54 Å². The molecule has 1 saturated heterocycles. The van der Waals surface area contributed by atoms with Crippen molar-refractivity contribution >= 4 is 17.5 Å². The lowest BCUT2D eigenvalue weighted by molar-refractivity contribution is -0.274. The van der Waals surface area contributed by atoms with Crippen LogP contribution in [0, 0.1) is 6.92 Å². The molecule has 2 aromatic rings. The predicted molar refractivity (Wildman–Crippen MR) is 92.3 cm³/mol. The summed E-state index contributed by atoms with van der Waals surface area (Å²) >= 11 is 6.26. The molecule has 0 N–H and O–H groups in total. The number of halogens is 4. The molecule has 0 bridgehead atoms. The van der Waals surface area contributed by atoms with Crippen molar-refractivity contribution in [1.82, 2.24) is 4.90 Å². The molecule has 1 aliphatic rings. The Hall–Kier alpha value is -2.21. The van der Waals surface area contributed by atoms with Crippen LogP contribution in [0.4, 0.5) is 13.2 Å². The van der Waals surface area contributed by atoms with Crippen LogP contribution in [0.15, 0.2) is 42.5 Å². The van der Waals surface area contributed by atoms with Crippen molar-refractivity contribution in [2.24, 2.45) is 0 Å². The highest BCUT2D eigenvalue weighted by atomic mass is 35.5. The molecule has 138 valence electrons. The summed E-state index contributed by atoms with van der Waals surface area (Å²) in [5.74, 6) is -0.725. The van der Waals surface area contributed by atoms with Crippen LogP contribution < -0.4 is 4.74 Å². The maximum absolute atomic E-state index is 13.0. The largest absolute Gasteiger partial charge is 0.573 e. The van der Waals surface area contributed by atoms with Crippen molar-refractivity contribution < 1.29 is 22.7 Å². The number of carbonyl (C=O) groups excluding carboxylic acids is 1. The van der Waals surface area contributed by atoms with Crippen LogP contribution in [0.2, 0.25) is 5.02 Å². The van der Waals surface area contributed by atoms with E-state index in [-0.39, 0.29) is 17.5 Å². The van der Waals surface area contributed by atoms with E-state index < -0.39 is 12.1 Å². The van der Waals surface area contributed by atoms with Crippen LogP contribution in [-0.2, 0) is 0 Å². The number of hydrogen-bond acceptors (Lipinski definition) is 2. The van der Waals surface area contributed by atoms with Crippen LogP contribution in [0.3, 0.4) is 0 Å². The molecule has 1 aliphatic heterocycles. The van der Waals surface area contributed by atoms with E-state index in [1.807, 2.05) is 18.2 Å². The van der Waals surface area contributed by atoms with E-state index in [1.165, 1.54) is 6.07 Å². The zero-order chi connectivity index (χ0) is 18.9. The molecule has 7 heteroatoms. The third-order valence-corrected chi connectivity index (χ3v) is 4.65. The van der Waals surface area contributed by atoms with E-state index in [4.69, 9.17) is 11.6 Å². The van der Waals surface area contributed by atoms with Gasteiger partial charge in [0, 0.05) is 17.1 Å². The maximum atomic E-state index is 13.0. The molecule has 3 nitrogen and oxygen atoms in total. The SMILES string of the molecule is Cc1cc(OC(F)(F)F)cc(C(=O)N2CCC[C@@H]2c2ccccc2Cl)c1. The van der Waals surface area contributed by atoms with Crippen LogP contribution in [-0.4, -0.2) is 23.7 Å². The van der Waals surface area contributed by atoms with Gasteiger partial charge in [0.1, 0.15) is 5.75 Å². The lowest BCUT2D eigenvalue weighted by atomic mass is 10.0. The van der Waals surface area contributed by atoms with E-state index in [0.717, 1.165) is 24.5 Å². The van der Waals surface area contributed by atoms with E-state index in [1.54, 1.807) is 24.0 Å². The normalized spacial score (nSPS) is 17.4. The molecule has 1 fully saturated rings. The monoisotopic (exact) mass is 383 g/mol. The van der Waals surface area contributed by atoms with E-state index in [9.17, 15) is 18.0 Å². The van der Waals surface area contributed by atoms with Crippen LogP contribution in [0.25, 0.3) is 0 Å². The Kier molecular flexibility index (Phi) is 5.14. The van der Waals surface area contributed by atoms with Crippen molar-refractivity contribution in [2.45, 2.75) is 32.2 Å². The minimum absolute atomic E-state index is 0.170. The number of rotatable bonds is 3. The molecule has 1 heterocycles. The second kappa shape index (κ2) is 7.19. The number of benzene rings is 2. The van der Waals surface area contributed by atoms with Gasteiger partial charge in [0.25, 0.3) is 5.91 Å². The highest BCUT2D eigenvalue weighted by Crippen LogP contribution is 2.37. The fourth-order valence-corrected chi connectivity index (χ4v) is 3.57. The van der Waals surface area contributed by atoms with Gasteiger partial charge in [0.05, 0.1) is 6.04 Å². The quantitative estimate of drug-likeness (QED) is 0.698. The van der Waals surface area contributed by atoms with Crippen LogP contribution in [0.1, 0.15) is 40.4 Å². The predicted octanol–water partition coefficient (Wildman–Crippen LogP) is 5.52. The van der Waals surface area contributed by atoms with Crippen molar-refractivity contribution in [3.63, 3.8) is 0 Å². The molecule has 26 heavy (non-hydrogen) atoms. The van der Waals surface area contributed by atoms with Gasteiger partial charge in [-0.3, -0.25) is 4.79 Å². The summed E-state index contributed by atoms with van der Waals surface area (Å²) in [5.41, 5.74) is 1.53. The molecule has 2 aromatic carbocycles. The minimum Gasteiger partial charge on any atom is -0.406 e. The molecule has 1 amide bonds. The van der Waals surface area contributed by atoms with Gasteiger partial charge in [-0.15, -0.1) is 13.2 Å². The minimum atomic E-state index is -4.80. The van der Waals surface area contributed by atoms with Gasteiger partial charge in [0.2, 0.25) is 0 Å². The molecular weight excluding hydrogens is 367 g/mol. The highest BCUT2D eigenvalue weighted by molar-refractivity contribution is 6.31. The Labute approximate surface area is 154 Å². The second-order valence-corrected chi connectivity index (χ2v) is 6.67. The summed E-state index contributed by atoms with van der Waals surface area (Å²) in [7, 11) is 0. The Balaban J connectivity index is 1.90. The molecule has 0 radical (unpaired) electrons. The summed E-state index contributed by atoms with van der Waals surface area (Å²) in [4.78, 5) is 14.6. The number of nitrogens with zero attached hydrogens (tertiary/aromatic N) is 1. The Morgan fingerprint density at radius 2 is 1.96 bits per heavy atom. The number of ether oxygens (including phenoxy) is 1. The Morgan fingerprint density at radius 3 is 2.65 bits per heavy atom. The number of carbonyl (C=O) groups is 1. The van der Waals surface area contributed by atoms with Crippen LogP contribution >= 0.6 is 11.6 Å². The van der Waals surface area contributed by atoms with E-state index in [2.05, 4.69) is 4.74 Å². The number of alkyl halides is 3. The Morgan fingerprint density at radius 1 is 1.23 bits per heavy atom. The molecule has 0 aromatic heterocycles. The molecule has 0 saturated carbocycles. The first-order valence-electron chi connectivity index (χ1n) is 8.17. The number of amides is 1. The fourth-order valence-electron chi connectivity index (χ4n) is 3.31. The smallest absolute Gasteiger partial charge is 0.406 e. The van der Waals surface area contributed by atoms with Gasteiger partial charge in [0.15, 0.2) is 0 Å². The molecular formula is C19H17ClF3NO2. The summed E-state index contributed by atoms with van der Waals surface area (Å²) in [5, 5.41) is 0.572. The van der Waals surface area contributed by atoms with Gasteiger partial charge in [-0.25, -0.2) is 0 Å². The van der Waals surface area contributed by atoms with Gasteiger partial charge >= 0.3 is 6.36 Å². The van der Waals surface area contributed by atoms with Crippen molar-refractivity contribution in [1.29, 1.82) is 0 Å². The fraction of sp³-hybridized carbons (Fsp3) is 0.316. The first-order chi connectivity index (χ1) is 12.2. The average Bonchev–Trinajstić information content (AvgIpc) is 3.01. The molecule has 3 rings (SSSR count). The Bertz CT molecular complexity index is 823. The number of aryl methyl sites for hydroxylation is 1. The third kappa shape index (κ3) is 4.12. The second-order valence-electron chi connectivity index (χ2n) is 6.26. The summed E-state index contributed by atoms with van der Waals surface area (Å²) < 4.78 is 41.5. The van der Waals surface area contributed by atoms with Gasteiger partial charge in [-0.2, -0.15) is 0 Å². The molecule has 0 unspecified atom stereocenters. The highest BCUT2D eigenvalue weighted by Gasteiger charge is 2.34. The number of likely N-dealkylation sites (tertiary alicyclic amines) is 1. The zero-order valence-corrected chi connectivity index (χ0v) is 14.8. The van der Waals surface area contributed by atoms with Gasteiger partial charge in [-0.1, -0.05) is 29.8 Å². The average molecular weight is 384 g/mol. The first kappa shape index (κ1) is 18.6. The summed E-state index contributed by atoms with van der Waals surface area (Å²) in [6, 6.07) is 11.0. The van der Waals surface area contributed by atoms with E-state index in [0.29, 0.717) is 17.1 Å². The zero-order valence-electron chi connectivity index (χ0n) is 14.0.